The lowest BCUT2D eigenvalue weighted by molar-refractivity contribution is -0.159. The molecule has 1 aromatic carbocycles. The number of carbonyl (C=O) groups excluding carboxylic acids is 1. The molecule has 0 radical (unpaired) electrons. The predicted octanol–water partition coefficient (Wildman–Crippen LogP) is 2.65. The molecule has 0 aliphatic carbocycles. The summed E-state index contributed by atoms with van der Waals surface area (Å²) in [5.41, 5.74) is 6.83. The van der Waals surface area contributed by atoms with Crippen molar-refractivity contribution in [2.24, 2.45) is 5.73 Å². The standard InChI is InChI=1S/C20H32N2O2.C2H2O4/c1-2-3-4-5-9-16-24-19(23)20(21)12-14-22(15-13-20)17-18-10-7-6-8-11-18;3-1(4)2(5)6/h6-8,10-11H,2-5,9,12-17,21H2,1H3;(H,3,4)(H,5,6). The second-order valence-corrected chi connectivity index (χ2v) is 7.58. The highest BCUT2D eigenvalue weighted by Crippen LogP contribution is 2.23. The molecule has 0 spiro atoms. The van der Waals surface area contributed by atoms with Gasteiger partial charge in [0.2, 0.25) is 0 Å². The van der Waals surface area contributed by atoms with Crippen LogP contribution in [0.25, 0.3) is 0 Å². The molecule has 0 amide bonds. The highest BCUT2D eigenvalue weighted by molar-refractivity contribution is 6.27. The number of ether oxygens (including phenoxy) is 1. The van der Waals surface area contributed by atoms with Crippen molar-refractivity contribution in [2.45, 2.75) is 64.0 Å². The van der Waals surface area contributed by atoms with Crippen LogP contribution in [0.15, 0.2) is 30.3 Å². The Morgan fingerprint density at radius 1 is 1.00 bits per heavy atom. The molecule has 1 aliphatic rings. The largest absolute Gasteiger partial charge is 0.473 e. The average molecular weight is 423 g/mol. The number of benzene rings is 1. The van der Waals surface area contributed by atoms with Gasteiger partial charge in [-0.3, -0.25) is 9.69 Å². The van der Waals surface area contributed by atoms with Crippen molar-refractivity contribution in [3.05, 3.63) is 35.9 Å². The van der Waals surface area contributed by atoms with Crippen molar-refractivity contribution >= 4 is 17.9 Å². The van der Waals surface area contributed by atoms with E-state index >= 15 is 0 Å². The van der Waals surface area contributed by atoms with Crippen LogP contribution in [0.3, 0.4) is 0 Å². The molecule has 1 aliphatic heterocycles. The van der Waals surface area contributed by atoms with E-state index in [2.05, 4.69) is 36.1 Å². The summed E-state index contributed by atoms with van der Waals surface area (Å²) in [6.45, 7) is 5.31. The van der Waals surface area contributed by atoms with Crippen LogP contribution < -0.4 is 5.73 Å². The first kappa shape index (κ1) is 25.6. The van der Waals surface area contributed by atoms with E-state index in [1.165, 1.54) is 24.8 Å². The second-order valence-electron chi connectivity index (χ2n) is 7.58. The Morgan fingerprint density at radius 3 is 2.10 bits per heavy atom. The molecule has 0 aromatic heterocycles. The second kappa shape index (κ2) is 13.7. The van der Waals surface area contributed by atoms with Crippen LogP contribution in [0.2, 0.25) is 0 Å². The van der Waals surface area contributed by atoms with Gasteiger partial charge in [-0.05, 0) is 24.8 Å². The molecule has 30 heavy (non-hydrogen) atoms. The zero-order valence-electron chi connectivity index (χ0n) is 17.7. The molecule has 0 bridgehead atoms. The predicted molar refractivity (Wildman–Crippen MR) is 113 cm³/mol. The number of piperidine rings is 1. The summed E-state index contributed by atoms with van der Waals surface area (Å²) in [6.07, 6.45) is 7.13. The maximum atomic E-state index is 12.3. The Hall–Kier alpha value is -2.45. The van der Waals surface area contributed by atoms with Gasteiger partial charge >= 0.3 is 17.9 Å². The average Bonchev–Trinajstić information content (AvgIpc) is 2.73. The molecular weight excluding hydrogens is 388 g/mol. The molecule has 0 saturated carbocycles. The van der Waals surface area contributed by atoms with Crippen LogP contribution in [0.5, 0.6) is 0 Å². The van der Waals surface area contributed by atoms with Gasteiger partial charge in [0.1, 0.15) is 5.54 Å². The summed E-state index contributed by atoms with van der Waals surface area (Å²) in [5.74, 6) is -3.86. The van der Waals surface area contributed by atoms with Crippen molar-refractivity contribution in [2.75, 3.05) is 19.7 Å². The van der Waals surface area contributed by atoms with Crippen molar-refractivity contribution in [3.63, 3.8) is 0 Å². The first-order chi connectivity index (χ1) is 14.3. The first-order valence-electron chi connectivity index (χ1n) is 10.5. The van der Waals surface area contributed by atoms with Crippen molar-refractivity contribution in [1.82, 2.24) is 4.90 Å². The quantitative estimate of drug-likeness (QED) is 0.314. The summed E-state index contributed by atoms with van der Waals surface area (Å²) >= 11 is 0. The number of unbranched alkanes of at least 4 members (excludes halogenated alkanes) is 4. The van der Waals surface area contributed by atoms with E-state index in [1.54, 1.807) is 0 Å². The van der Waals surface area contributed by atoms with Crippen molar-refractivity contribution < 1.29 is 29.3 Å². The van der Waals surface area contributed by atoms with Gasteiger partial charge in [-0.2, -0.15) is 0 Å². The van der Waals surface area contributed by atoms with Gasteiger partial charge in [0.05, 0.1) is 6.61 Å². The zero-order valence-corrected chi connectivity index (χ0v) is 17.7. The lowest BCUT2D eigenvalue weighted by Gasteiger charge is -2.37. The Kier molecular flexibility index (Phi) is 11.7. The monoisotopic (exact) mass is 422 g/mol. The lowest BCUT2D eigenvalue weighted by atomic mass is 9.88. The molecular formula is C22H34N2O6. The fourth-order valence-corrected chi connectivity index (χ4v) is 3.17. The minimum atomic E-state index is -1.82. The minimum absolute atomic E-state index is 0.211. The van der Waals surface area contributed by atoms with E-state index in [0.29, 0.717) is 19.4 Å². The molecule has 1 saturated heterocycles. The van der Waals surface area contributed by atoms with Gasteiger partial charge in [-0.15, -0.1) is 0 Å². The van der Waals surface area contributed by atoms with Crippen molar-refractivity contribution in [1.29, 1.82) is 0 Å². The number of rotatable bonds is 9. The van der Waals surface area contributed by atoms with E-state index in [4.69, 9.17) is 30.3 Å². The number of hydrogen-bond acceptors (Lipinski definition) is 6. The Labute approximate surface area is 178 Å². The summed E-state index contributed by atoms with van der Waals surface area (Å²) in [6, 6.07) is 10.4. The van der Waals surface area contributed by atoms with E-state index in [1.807, 2.05) is 6.07 Å². The van der Waals surface area contributed by atoms with Crippen LogP contribution in [-0.4, -0.2) is 58.3 Å². The molecule has 168 valence electrons. The fourth-order valence-electron chi connectivity index (χ4n) is 3.17. The number of carboxylic acid groups (broad SMARTS) is 2. The highest BCUT2D eigenvalue weighted by atomic mass is 16.5. The number of likely N-dealkylation sites (tertiary alicyclic amines) is 1. The molecule has 0 unspecified atom stereocenters. The Morgan fingerprint density at radius 2 is 1.57 bits per heavy atom. The fraction of sp³-hybridized carbons (Fsp3) is 0.591. The number of esters is 1. The first-order valence-corrected chi connectivity index (χ1v) is 10.5. The number of carboxylic acids is 2. The molecule has 8 heteroatoms. The maximum absolute atomic E-state index is 12.3. The summed E-state index contributed by atoms with van der Waals surface area (Å²) in [5, 5.41) is 14.8. The van der Waals surface area contributed by atoms with Gasteiger partial charge in [0.25, 0.3) is 0 Å². The molecule has 1 fully saturated rings. The van der Waals surface area contributed by atoms with Crippen LogP contribution >= 0.6 is 0 Å². The van der Waals surface area contributed by atoms with Crippen molar-refractivity contribution in [3.8, 4) is 0 Å². The number of hydrogen-bond donors (Lipinski definition) is 3. The topological polar surface area (TPSA) is 130 Å². The number of carbonyl (C=O) groups is 3. The normalized spacial score (nSPS) is 15.5. The van der Waals surface area contributed by atoms with Gasteiger partial charge < -0.3 is 20.7 Å². The van der Waals surface area contributed by atoms with E-state index < -0.39 is 17.5 Å². The number of aliphatic carboxylic acids is 2. The molecule has 0 atom stereocenters. The molecule has 1 heterocycles. The Bertz CT molecular complexity index is 645. The molecule has 8 nitrogen and oxygen atoms in total. The third kappa shape index (κ3) is 9.84. The molecule has 2 rings (SSSR count). The van der Waals surface area contributed by atoms with Gasteiger partial charge in [0.15, 0.2) is 0 Å². The summed E-state index contributed by atoms with van der Waals surface area (Å²) in [7, 11) is 0. The van der Waals surface area contributed by atoms with Crippen LogP contribution in [-0.2, 0) is 25.7 Å². The SMILES string of the molecule is CCCCCCCOC(=O)C1(N)CCN(Cc2ccccc2)CC1.O=C(O)C(=O)O. The van der Waals surface area contributed by atoms with Gasteiger partial charge in [-0.1, -0.05) is 62.9 Å². The molecule has 4 N–H and O–H groups in total. The number of nitrogens with zero attached hydrogens (tertiary/aromatic N) is 1. The molecule has 1 aromatic rings. The number of nitrogens with two attached hydrogens (primary N) is 1. The minimum Gasteiger partial charge on any atom is -0.473 e. The Balaban J connectivity index is 0.000000656. The van der Waals surface area contributed by atoms with E-state index in [-0.39, 0.29) is 5.97 Å². The highest BCUT2D eigenvalue weighted by Gasteiger charge is 2.38. The summed E-state index contributed by atoms with van der Waals surface area (Å²) in [4.78, 5) is 32.9. The zero-order chi connectivity index (χ0) is 22.4. The van der Waals surface area contributed by atoms with Crippen LogP contribution in [0.4, 0.5) is 0 Å². The lowest BCUT2D eigenvalue weighted by Crippen LogP contribution is -2.56. The van der Waals surface area contributed by atoms with E-state index in [9.17, 15) is 4.79 Å². The van der Waals surface area contributed by atoms with Gasteiger partial charge in [-0.25, -0.2) is 9.59 Å². The third-order valence-electron chi connectivity index (χ3n) is 5.07. The van der Waals surface area contributed by atoms with E-state index in [0.717, 1.165) is 32.5 Å². The maximum Gasteiger partial charge on any atom is 0.414 e. The third-order valence-corrected chi connectivity index (χ3v) is 5.07. The van der Waals surface area contributed by atoms with Crippen LogP contribution in [0, 0.1) is 0 Å². The summed E-state index contributed by atoms with van der Waals surface area (Å²) < 4.78 is 5.44. The smallest absolute Gasteiger partial charge is 0.414 e. The van der Waals surface area contributed by atoms with Crippen LogP contribution in [0.1, 0.15) is 57.4 Å². The van der Waals surface area contributed by atoms with Gasteiger partial charge in [0, 0.05) is 19.6 Å².